The van der Waals surface area contributed by atoms with Gasteiger partial charge >= 0.3 is 0 Å². The van der Waals surface area contributed by atoms with Gasteiger partial charge in [-0.15, -0.1) is 11.6 Å². The lowest BCUT2D eigenvalue weighted by atomic mass is 10.1. The fourth-order valence-electron chi connectivity index (χ4n) is 1.73. The molecule has 5 heteroatoms. The molecule has 1 atom stereocenters. The highest BCUT2D eigenvalue weighted by Gasteiger charge is 2.11. The number of nitrogens with one attached hydrogen (secondary N) is 1. The fraction of sp³-hybridized carbons (Fsp3) is 0.500. The van der Waals surface area contributed by atoms with E-state index < -0.39 is 0 Å². The molecule has 0 saturated carbocycles. The fourth-order valence-corrected chi connectivity index (χ4v) is 2.48. The summed E-state index contributed by atoms with van der Waals surface area (Å²) in [5, 5.41) is 2.98. The lowest BCUT2D eigenvalue weighted by Crippen LogP contribution is -2.26. The number of carbonyl (C=O) groups excluding carboxylic acids is 1. The van der Waals surface area contributed by atoms with Crippen molar-refractivity contribution in [3.63, 3.8) is 0 Å². The van der Waals surface area contributed by atoms with E-state index in [1.807, 2.05) is 25.1 Å². The number of rotatable bonds is 7. The van der Waals surface area contributed by atoms with Gasteiger partial charge in [0.05, 0.1) is 17.6 Å². The van der Waals surface area contributed by atoms with Crippen LogP contribution in [0.3, 0.4) is 0 Å². The summed E-state index contributed by atoms with van der Waals surface area (Å²) in [5.41, 5.74) is 1.04. The van der Waals surface area contributed by atoms with Gasteiger partial charge in [-0.1, -0.05) is 6.07 Å². The first-order chi connectivity index (χ1) is 9.08. The second kappa shape index (κ2) is 8.43. The lowest BCUT2D eigenvalue weighted by Gasteiger charge is -2.15. The standard InChI is InChI=1S/C14H19BrClNO2/c1-10(17-14(18)5-3-4-8-16)11-6-7-13(19-2)12(15)9-11/h6-7,9-10H,3-5,8H2,1-2H3,(H,17,18). The van der Waals surface area contributed by atoms with Crippen LogP contribution in [0.1, 0.15) is 37.8 Å². The molecule has 1 amide bonds. The van der Waals surface area contributed by atoms with Crippen molar-refractivity contribution in [3.05, 3.63) is 28.2 Å². The van der Waals surface area contributed by atoms with Crippen LogP contribution in [0.2, 0.25) is 0 Å². The van der Waals surface area contributed by atoms with Gasteiger partial charge in [-0.25, -0.2) is 0 Å². The van der Waals surface area contributed by atoms with Crippen molar-refractivity contribution in [3.8, 4) is 5.75 Å². The van der Waals surface area contributed by atoms with Gasteiger partial charge in [0.15, 0.2) is 0 Å². The Morgan fingerprint density at radius 3 is 2.79 bits per heavy atom. The number of hydrogen-bond donors (Lipinski definition) is 1. The van der Waals surface area contributed by atoms with E-state index in [-0.39, 0.29) is 11.9 Å². The normalized spacial score (nSPS) is 12.0. The van der Waals surface area contributed by atoms with Gasteiger partial charge in [0.2, 0.25) is 5.91 Å². The monoisotopic (exact) mass is 347 g/mol. The highest BCUT2D eigenvalue weighted by atomic mass is 79.9. The Kier molecular flexibility index (Phi) is 7.24. The van der Waals surface area contributed by atoms with Crippen LogP contribution in [0.25, 0.3) is 0 Å². The molecule has 19 heavy (non-hydrogen) atoms. The summed E-state index contributed by atoms with van der Waals surface area (Å²) in [6.45, 7) is 1.97. The van der Waals surface area contributed by atoms with Gasteiger partial charge in [0.1, 0.15) is 5.75 Å². The minimum atomic E-state index is -0.0225. The summed E-state index contributed by atoms with van der Waals surface area (Å²) in [5.74, 6) is 1.45. The minimum Gasteiger partial charge on any atom is -0.496 e. The summed E-state index contributed by atoms with van der Waals surface area (Å²) in [7, 11) is 1.63. The molecule has 1 N–H and O–H groups in total. The molecule has 1 aromatic carbocycles. The molecule has 0 heterocycles. The predicted octanol–water partition coefficient (Wildman–Crippen LogP) is 4.04. The second-order valence-electron chi connectivity index (χ2n) is 4.33. The first kappa shape index (κ1) is 16.3. The van der Waals surface area contributed by atoms with Crippen LogP contribution in [-0.4, -0.2) is 18.9 Å². The molecule has 0 saturated heterocycles. The maximum Gasteiger partial charge on any atom is 0.220 e. The summed E-state index contributed by atoms with van der Waals surface area (Å²) in [4.78, 5) is 11.7. The topological polar surface area (TPSA) is 38.3 Å². The van der Waals surface area contributed by atoms with Gasteiger partial charge in [0, 0.05) is 12.3 Å². The Morgan fingerprint density at radius 2 is 2.21 bits per heavy atom. The molecule has 0 aliphatic heterocycles. The molecule has 0 bridgehead atoms. The lowest BCUT2D eigenvalue weighted by molar-refractivity contribution is -0.121. The third-order valence-corrected chi connectivity index (χ3v) is 3.73. The smallest absolute Gasteiger partial charge is 0.220 e. The zero-order chi connectivity index (χ0) is 14.3. The van der Waals surface area contributed by atoms with Crippen LogP contribution in [0.4, 0.5) is 0 Å². The number of carbonyl (C=O) groups is 1. The quantitative estimate of drug-likeness (QED) is 0.596. The number of hydrogen-bond acceptors (Lipinski definition) is 2. The molecule has 0 fully saturated rings. The number of methoxy groups -OCH3 is 1. The Morgan fingerprint density at radius 1 is 1.47 bits per heavy atom. The highest BCUT2D eigenvalue weighted by Crippen LogP contribution is 2.27. The van der Waals surface area contributed by atoms with Crippen molar-refractivity contribution < 1.29 is 9.53 Å². The number of alkyl halides is 1. The van der Waals surface area contributed by atoms with E-state index in [0.29, 0.717) is 12.3 Å². The number of ether oxygens (including phenoxy) is 1. The molecule has 1 aromatic rings. The molecule has 0 aliphatic carbocycles. The van der Waals surface area contributed by atoms with Crippen molar-refractivity contribution in [2.75, 3.05) is 13.0 Å². The van der Waals surface area contributed by atoms with E-state index >= 15 is 0 Å². The Hall–Kier alpha value is -0.740. The molecular formula is C14H19BrClNO2. The van der Waals surface area contributed by atoms with Crippen molar-refractivity contribution in [1.29, 1.82) is 0 Å². The van der Waals surface area contributed by atoms with Crippen molar-refractivity contribution in [2.45, 2.75) is 32.2 Å². The Labute approximate surface area is 127 Å². The van der Waals surface area contributed by atoms with Crippen LogP contribution < -0.4 is 10.1 Å². The van der Waals surface area contributed by atoms with E-state index in [1.165, 1.54) is 0 Å². The summed E-state index contributed by atoms with van der Waals surface area (Å²) >= 11 is 9.02. The molecule has 1 unspecified atom stereocenters. The maximum absolute atomic E-state index is 11.7. The highest BCUT2D eigenvalue weighted by molar-refractivity contribution is 9.10. The number of amides is 1. The molecule has 0 spiro atoms. The van der Waals surface area contributed by atoms with Gasteiger partial charge in [-0.05, 0) is 53.4 Å². The van der Waals surface area contributed by atoms with Crippen molar-refractivity contribution in [1.82, 2.24) is 5.32 Å². The average molecular weight is 349 g/mol. The van der Waals surface area contributed by atoms with Gasteiger partial charge in [0.25, 0.3) is 0 Å². The molecule has 1 rings (SSSR count). The van der Waals surface area contributed by atoms with Gasteiger partial charge in [-0.3, -0.25) is 4.79 Å². The average Bonchev–Trinajstić information content (AvgIpc) is 2.38. The molecule has 0 aliphatic rings. The van der Waals surface area contributed by atoms with Crippen molar-refractivity contribution >= 4 is 33.4 Å². The molecular weight excluding hydrogens is 330 g/mol. The zero-order valence-electron chi connectivity index (χ0n) is 11.2. The van der Waals surface area contributed by atoms with E-state index in [2.05, 4.69) is 21.2 Å². The van der Waals surface area contributed by atoms with E-state index in [0.717, 1.165) is 28.6 Å². The van der Waals surface area contributed by atoms with Gasteiger partial charge in [-0.2, -0.15) is 0 Å². The van der Waals surface area contributed by atoms with E-state index in [9.17, 15) is 4.79 Å². The zero-order valence-corrected chi connectivity index (χ0v) is 13.6. The van der Waals surface area contributed by atoms with E-state index in [1.54, 1.807) is 7.11 Å². The maximum atomic E-state index is 11.7. The molecule has 0 radical (unpaired) electrons. The largest absolute Gasteiger partial charge is 0.496 e. The summed E-state index contributed by atoms with van der Waals surface area (Å²) in [6, 6.07) is 5.77. The summed E-state index contributed by atoms with van der Waals surface area (Å²) in [6.07, 6.45) is 2.22. The van der Waals surface area contributed by atoms with Crippen molar-refractivity contribution in [2.24, 2.45) is 0 Å². The molecule has 0 aromatic heterocycles. The number of unbranched alkanes of at least 4 members (excludes halogenated alkanes) is 1. The van der Waals surface area contributed by atoms with Crippen LogP contribution >= 0.6 is 27.5 Å². The Bertz CT molecular complexity index is 426. The first-order valence-electron chi connectivity index (χ1n) is 6.27. The summed E-state index contributed by atoms with van der Waals surface area (Å²) < 4.78 is 6.06. The Balaban J connectivity index is 2.55. The number of benzene rings is 1. The third-order valence-electron chi connectivity index (χ3n) is 2.84. The third kappa shape index (κ3) is 5.41. The van der Waals surface area contributed by atoms with E-state index in [4.69, 9.17) is 16.3 Å². The number of halogens is 2. The first-order valence-corrected chi connectivity index (χ1v) is 7.60. The van der Waals surface area contributed by atoms with Gasteiger partial charge < -0.3 is 10.1 Å². The van der Waals surface area contributed by atoms with Crippen LogP contribution in [0.15, 0.2) is 22.7 Å². The van der Waals surface area contributed by atoms with Crippen LogP contribution in [0, 0.1) is 0 Å². The molecule has 106 valence electrons. The van der Waals surface area contributed by atoms with Crippen LogP contribution in [-0.2, 0) is 4.79 Å². The minimum absolute atomic E-state index is 0.0225. The SMILES string of the molecule is COc1ccc(C(C)NC(=O)CCCCCl)cc1Br. The predicted molar refractivity (Wildman–Crippen MR) is 81.8 cm³/mol. The van der Waals surface area contributed by atoms with Crippen LogP contribution in [0.5, 0.6) is 5.75 Å². The molecule has 3 nitrogen and oxygen atoms in total. The second-order valence-corrected chi connectivity index (χ2v) is 5.56.